The SMILES string of the molecule is CCCCOc1ccc(-c2nnc(CCC(=O)N3CCN(c4ccccc4F)CC3)c(=O)[nH]2)cc1. The zero-order valence-corrected chi connectivity index (χ0v) is 19.9. The van der Waals surface area contributed by atoms with Crippen molar-refractivity contribution < 1.29 is 13.9 Å². The number of piperazine rings is 1. The Hall–Kier alpha value is -3.75. The van der Waals surface area contributed by atoms with E-state index in [1.807, 2.05) is 29.2 Å². The maximum absolute atomic E-state index is 14.0. The lowest BCUT2D eigenvalue weighted by Gasteiger charge is -2.36. The molecule has 0 bridgehead atoms. The number of nitrogens with one attached hydrogen (secondary N) is 1. The number of aryl methyl sites for hydroxylation is 1. The number of carbonyl (C=O) groups is 1. The Bertz CT molecular complexity index is 1190. The summed E-state index contributed by atoms with van der Waals surface area (Å²) in [6, 6.07) is 14.0. The van der Waals surface area contributed by atoms with Crippen molar-refractivity contribution in [1.29, 1.82) is 0 Å². The van der Waals surface area contributed by atoms with Crippen LogP contribution < -0.4 is 15.2 Å². The standard InChI is InChI=1S/C26H30FN5O3/c1-2-3-18-35-20-10-8-19(9-11-20)25-28-26(34)22(29-30-25)12-13-24(33)32-16-14-31(15-17-32)23-7-5-4-6-21(23)27/h4-11H,2-3,12-18H2,1H3,(H,28,30,34). The Kier molecular flexibility index (Phi) is 8.07. The summed E-state index contributed by atoms with van der Waals surface area (Å²) >= 11 is 0. The summed E-state index contributed by atoms with van der Waals surface area (Å²) in [6.07, 6.45) is 2.44. The molecule has 0 radical (unpaired) electrons. The van der Waals surface area contributed by atoms with Crippen LogP contribution in [0.3, 0.4) is 0 Å². The van der Waals surface area contributed by atoms with Gasteiger partial charge in [-0.3, -0.25) is 9.59 Å². The van der Waals surface area contributed by atoms with Crippen molar-refractivity contribution in [3.8, 4) is 17.1 Å². The van der Waals surface area contributed by atoms with Gasteiger partial charge in [-0.05, 0) is 42.8 Å². The van der Waals surface area contributed by atoms with E-state index in [1.165, 1.54) is 6.07 Å². The van der Waals surface area contributed by atoms with Crippen LogP contribution in [0.4, 0.5) is 10.1 Å². The molecule has 8 nitrogen and oxygen atoms in total. The van der Waals surface area contributed by atoms with E-state index in [9.17, 15) is 14.0 Å². The van der Waals surface area contributed by atoms with Crippen molar-refractivity contribution in [3.63, 3.8) is 0 Å². The number of amides is 1. The van der Waals surface area contributed by atoms with Gasteiger partial charge in [0.25, 0.3) is 5.56 Å². The van der Waals surface area contributed by atoms with Crippen molar-refractivity contribution in [2.75, 3.05) is 37.7 Å². The van der Waals surface area contributed by atoms with Gasteiger partial charge in [-0.1, -0.05) is 25.5 Å². The van der Waals surface area contributed by atoms with Crippen LogP contribution in [0.1, 0.15) is 31.9 Å². The largest absolute Gasteiger partial charge is 0.494 e. The van der Waals surface area contributed by atoms with Crippen molar-refractivity contribution in [1.82, 2.24) is 20.1 Å². The molecule has 3 aromatic rings. The Morgan fingerprint density at radius 2 is 1.80 bits per heavy atom. The third kappa shape index (κ3) is 6.23. The molecule has 1 aromatic heterocycles. The molecule has 1 N–H and O–H groups in total. The third-order valence-corrected chi connectivity index (χ3v) is 6.06. The molecule has 1 saturated heterocycles. The predicted molar refractivity (Wildman–Crippen MR) is 132 cm³/mol. The molecule has 9 heteroatoms. The van der Waals surface area contributed by atoms with Crippen LogP contribution in [0.15, 0.2) is 53.3 Å². The van der Waals surface area contributed by atoms with Gasteiger partial charge in [0, 0.05) is 44.6 Å². The number of anilines is 1. The Morgan fingerprint density at radius 3 is 2.49 bits per heavy atom. The van der Waals surface area contributed by atoms with Gasteiger partial charge >= 0.3 is 0 Å². The average Bonchev–Trinajstić information content (AvgIpc) is 2.89. The molecule has 2 aromatic carbocycles. The second kappa shape index (κ2) is 11.6. The number of aromatic amines is 1. The van der Waals surface area contributed by atoms with E-state index in [0.29, 0.717) is 44.3 Å². The van der Waals surface area contributed by atoms with Gasteiger partial charge in [0.1, 0.15) is 17.3 Å². The monoisotopic (exact) mass is 479 g/mol. The maximum Gasteiger partial charge on any atom is 0.273 e. The first kappa shape index (κ1) is 24.4. The molecular formula is C26H30FN5O3. The minimum Gasteiger partial charge on any atom is -0.494 e. The van der Waals surface area contributed by atoms with Crippen LogP contribution in [0.2, 0.25) is 0 Å². The molecule has 1 aliphatic rings. The van der Waals surface area contributed by atoms with Crippen LogP contribution in [0.25, 0.3) is 11.4 Å². The lowest BCUT2D eigenvalue weighted by atomic mass is 10.2. The van der Waals surface area contributed by atoms with Gasteiger partial charge in [0.05, 0.1) is 12.3 Å². The van der Waals surface area contributed by atoms with E-state index < -0.39 is 0 Å². The molecule has 184 valence electrons. The number of halogens is 1. The lowest BCUT2D eigenvalue weighted by molar-refractivity contribution is -0.131. The molecular weight excluding hydrogens is 449 g/mol. The van der Waals surface area contributed by atoms with Gasteiger partial charge in [0.15, 0.2) is 5.82 Å². The third-order valence-electron chi connectivity index (χ3n) is 6.06. The number of hydrogen-bond acceptors (Lipinski definition) is 6. The molecule has 0 atom stereocenters. The zero-order chi connectivity index (χ0) is 24.6. The van der Waals surface area contributed by atoms with Crippen LogP contribution in [0.5, 0.6) is 5.75 Å². The van der Waals surface area contributed by atoms with Crippen LogP contribution in [-0.2, 0) is 11.2 Å². The van der Waals surface area contributed by atoms with Crippen molar-refractivity contribution >= 4 is 11.6 Å². The van der Waals surface area contributed by atoms with Gasteiger partial charge in [-0.15, -0.1) is 10.2 Å². The van der Waals surface area contributed by atoms with E-state index in [-0.39, 0.29) is 35.8 Å². The molecule has 1 amide bonds. The minimum absolute atomic E-state index is 0.0536. The summed E-state index contributed by atoms with van der Waals surface area (Å²) in [4.78, 5) is 31.6. The van der Waals surface area contributed by atoms with E-state index in [1.54, 1.807) is 23.1 Å². The highest BCUT2D eigenvalue weighted by Crippen LogP contribution is 2.21. The Morgan fingerprint density at radius 1 is 1.06 bits per heavy atom. The fourth-order valence-corrected chi connectivity index (χ4v) is 3.99. The molecule has 0 aliphatic carbocycles. The second-order valence-electron chi connectivity index (χ2n) is 8.50. The smallest absolute Gasteiger partial charge is 0.273 e. The number of nitrogens with zero attached hydrogens (tertiary/aromatic N) is 4. The number of H-pyrrole nitrogens is 1. The van der Waals surface area contributed by atoms with Gasteiger partial charge in [0.2, 0.25) is 5.91 Å². The molecule has 0 unspecified atom stereocenters. The molecule has 2 heterocycles. The van der Waals surface area contributed by atoms with E-state index in [2.05, 4.69) is 22.1 Å². The lowest BCUT2D eigenvalue weighted by Crippen LogP contribution is -2.49. The zero-order valence-electron chi connectivity index (χ0n) is 19.9. The van der Waals surface area contributed by atoms with Crippen LogP contribution in [-0.4, -0.2) is 58.8 Å². The average molecular weight is 480 g/mol. The highest BCUT2D eigenvalue weighted by Gasteiger charge is 2.23. The first-order valence-electron chi connectivity index (χ1n) is 12.0. The van der Waals surface area contributed by atoms with Gasteiger partial charge < -0.3 is 19.5 Å². The van der Waals surface area contributed by atoms with Gasteiger partial charge in [-0.25, -0.2) is 4.39 Å². The minimum atomic E-state index is -0.351. The second-order valence-corrected chi connectivity index (χ2v) is 8.50. The van der Waals surface area contributed by atoms with E-state index in [4.69, 9.17) is 4.74 Å². The van der Waals surface area contributed by atoms with Crippen molar-refractivity contribution in [3.05, 3.63) is 70.4 Å². The number of unbranched alkanes of at least 4 members (excludes halogenated alkanes) is 1. The topological polar surface area (TPSA) is 91.4 Å². The summed E-state index contributed by atoms with van der Waals surface area (Å²) in [5, 5.41) is 8.21. The fourth-order valence-electron chi connectivity index (χ4n) is 3.99. The molecule has 35 heavy (non-hydrogen) atoms. The molecule has 0 saturated carbocycles. The van der Waals surface area contributed by atoms with E-state index >= 15 is 0 Å². The molecule has 4 rings (SSSR count). The van der Waals surface area contributed by atoms with Crippen LogP contribution >= 0.6 is 0 Å². The quantitative estimate of drug-likeness (QED) is 0.473. The number of hydrogen-bond donors (Lipinski definition) is 1. The Labute approximate surface area is 203 Å². The highest BCUT2D eigenvalue weighted by molar-refractivity contribution is 5.76. The highest BCUT2D eigenvalue weighted by atomic mass is 19.1. The normalized spacial score (nSPS) is 13.7. The number of aromatic nitrogens is 3. The molecule has 1 fully saturated rings. The van der Waals surface area contributed by atoms with Crippen LogP contribution in [0, 0.1) is 5.82 Å². The molecule has 1 aliphatic heterocycles. The maximum atomic E-state index is 14.0. The Balaban J connectivity index is 1.29. The van der Waals surface area contributed by atoms with Gasteiger partial charge in [-0.2, -0.15) is 0 Å². The summed E-state index contributed by atoms with van der Waals surface area (Å²) in [7, 11) is 0. The summed E-state index contributed by atoms with van der Waals surface area (Å²) < 4.78 is 19.7. The van der Waals surface area contributed by atoms with E-state index in [0.717, 1.165) is 24.2 Å². The number of carbonyl (C=O) groups excluding carboxylic acids is 1. The number of rotatable bonds is 9. The number of benzene rings is 2. The number of ether oxygens (including phenoxy) is 1. The first-order chi connectivity index (χ1) is 17.0. The van der Waals surface area contributed by atoms with Crippen molar-refractivity contribution in [2.24, 2.45) is 0 Å². The summed E-state index contributed by atoms with van der Waals surface area (Å²) in [5.41, 5.74) is 1.16. The summed E-state index contributed by atoms with van der Waals surface area (Å²) in [5.74, 6) is 0.823. The van der Waals surface area contributed by atoms with Crippen molar-refractivity contribution in [2.45, 2.75) is 32.6 Å². The number of para-hydroxylation sites is 1. The molecule has 0 spiro atoms. The predicted octanol–water partition coefficient (Wildman–Crippen LogP) is 3.43. The first-order valence-corrected chi connectivity index (χ1v) is 12.0. The summed E-state index contributed by atoms with van der Waals surface area (Å²) in [6.45, 7) is 4.91. The fraction of sp³-hybridized carbons (Fsp3) is 0.385.